The quantitative estimate of drug-likeness (QED) is 0.783. The maximum atomic E-state index is 11.0. The first-order valence-electron chi connectivity index (χ1n) is 5.24. The highest BCUT2D eigenvalue weighted by Gasteiger charge is 2.17. The zero-order valence-corrected chi connectivity index (χ0v) is 9.14. The van der Waals surface area contributed by atoms with Gasteiger partial charge in [-0.05, 0) is 16.7 Å². The smallest absolute Gasteiger partial charge is 0.309 e. The highest BCUT2D eigenvalue weighted by molar-refractivity contribution is 5.74. The molecule has 0 spiro atoms. The molecule has 0 saturated heterocycles. The molecule has 1 aliphatic rings. The van der Waals surface area contributed by atoms with Gasteiger partial charge >= 0.3 is 5.97 Å². The van der Waals surface area contributed by atoms with Crippen molar-refractivity contribution in [1.29, 1.82) is 0 Å². The Morgan fingerprint density at radius 3 is 2.56 bits per heavy atom. The summed E-state index contributed by atoms with van der Waals surface area (Å²) < 4.78 is 4.59. The van der Waals surface area contributed by atoms with Crippen molar-refractivity contribution in [2.75, 3.05) is 7.11 Å². The van der Waals surface area contributed by atoms with E-state index in [1.807, 2.05) is 30.3 Å². The van der Waals surface area contributed by atoms with Crippen LogP contribution in [0.15, 0.2) is 30.3 Å². The normalized spacial score (nSPS) is 18.6. The average Bonchev–Trinajstić information content (AvgIpc) is 2.26. The van der Waals surface area contributed by atoms with E-state index in [4.69, 9.17) is 5.11 Å². The SMILES string of the molecule is COC(=O)Cc1ccc(C2=CC(O)C2)cc1. The second kappa shape index (κ2) is 4.49. The monoisotopic (exact) mass is 218 g/mol. The number of aliphatic hydroxyl groups is 1. The van der Waals surface area contributed by atoms with Crippen LogP contribution in [0.5, 0.6) is 0 Å². The number of ether oxygens (including phenoxy) is 1. The fourth-order valence-electron chi connectivity index (χ4n) is 1.71. The van der Waals surface area contributed by atoms with Crippen LogP contribution in [0, 0.1) is 0 Å². The molecule has 0 radical (unpaired) electrons. The molecule has 1 N–H and O–H groups in total. The van der Waals surface area contributed by atoms with Gasteiger partial charge in [0.2, 0.25) is 0 Å². The first-order chi connectivity index (χ1) is 7.69. The Kier molecular flexibility index (Phi) is 3.06. The van der Waals surface area contributed by atoms with Crippen molar-refractivity contribution in [1.82, 2.24) is 0 Å². The number of esters is 1. The Morgan fingerprint density at radius 2 is 2.06 bits per heavy atom. The fourth-order valence-corrected chi connectivity index (χ4v) is 1.71. The van der Waals surface area contributed by atoms with E-state index in [1.54, 1.807) is 0 Å². The lowest BCUT2D eigenvalue weighted by atomic mass is 9.89. The van der Waals surface area contributed by atoms with Crippen molar-refractivity contribution in [2.24, 2.45) is 0 Å². The lowest BCUT2D eigenvalue weighted by molar-refractivity contribution is -0.139. The van der Waals surface area contributed by atoms with Crippen molar-refractivity contribution in [3.8, 4) is 0 Å². The van der Waals surface area contributed by atoms with Gasteiger partial charge < -0.3 is 9.84 Å². The van der Waals surface area contributed by atoms with Crippen LogP contribution in [0.1, 0.15) is 17.5 Å². The van der Waals surface area contributed by atoms with E-state index in [0.717, 1.165) is 23.1 Å². The first kappa shape index (κ1) is 10.9. The maximum Gasteiger partial charge on any atom is 0.309 e. The zero-order valence-electron chi connectivity index (χ0n) is 9.14. The zero-order chi connectivity index (χ0) is 11.5. The molecular weight excluding hydrogens is 204 g/mol. The Bertz CT molecular complexity index is 417. The van der Waals surface area contributed by atoms with Crippen LogP contribution in [0.2, 0.25) is 0 Å². The van der Waals surface area contributed by atoms with Crippen molar-refractivity contribution < 1.29 is 14.6 Å². The van der Waals surface area contributed by atoms with Gasteiger partial charge in [0.1, 0.15) is 0 Å². The van der Waals surface area contributed by atoms with Crippen LogP contribution in [0.3, 0.4) is 0 Å². The lowest BCUT2D eigenvalue weighted by Gasteiger charge is -2.20. The number of rotatable bonds is 3. The molecule has 1 aromatic carbocycles. The fraction of sp³-hybridized carbons (Fsp3) is 0.308. The molecule has 1 atom stereocenters. The van der Waals surface area contributed by atoms with E-state index >= 15 is 0 Å². The number of hydrogen-bond acceptors (Lipinski definition) is 3. The largest absolute Gasteiger partial charge is 0.469 e. The molecule has 2 rings (SSSR count). The summed E-state index contributed by atoms with van der Waals surface area (Å²) in [6, 6.07) is 7.77. The van der Waals surface area contributed by atoms with Gasteiger partial charge in [0.25, 0.3) is 0 Å². The maximum absolute atomic E-state index is 11.0. The Morgan fingerprint density at radius 1 is 1.44 bits per heavy atom. The van der Waals surface area contributed by atoms with Crippen LogP contribution in [0.25, 0.3) is 5.57 Å². The third kappa shape index (κ3) is 2.31. The lowest BCUT2D eigenvalue weighted by Crippen LogP contribution is -2.13. The van der Waals surface area contributed by atoms with Crippen LogP contribution in [0.4, 0.5) is 0 Å². The third-order valence-electron chi connectivity index (χ3n) is 2.72. The molecule has 0 amide bonds. The molecule has 1 aromatic rings. The molecule has 16 heavy (non-hydrogen) atoms. The molecule has 0 saturated carbocycles. The van der Waals surface area contributed by atoms with Crippen LogP contribution < -0.4 is 0 Å². The van der Waals surface area contributed by atoms with Gasteiger partial charge in [-0.25, -0.2) is 0 Å². The number of methoxy groups -OCH3 is 1. The second-order valence-electron chi connectivity index (χ2n) is 3.91. The molecule has 0 bridgehead atoms. The molecule has 0 heterocycles. The van der Waals surface area contributed by atoms with Gasteiger partial charge in [0.05, 0.1) is 19.6 Å². The molecular formula is C13H14O3. The van der Waals surface area contributed by atoms with Crippen LogP contribution in [-0.4, -0.2) is 24.3 Å². The van der Waals surface area contributed by atoms with E-state index in [0.29, 0.717) is 6.42 Å². The van der Waals surface area contributed by atoms with E-state index in [2.05, 4.69) is 4.74 Å². The molecule has 0 aliphatic heterocycles. The Hall–Kier alpha value is -1.61. The first-order valence-corrected chi connectivity index (χ1v) is 5.24. The molecule has 84 valence electrons. The predicted octanol–water partition coefficient (Wildman–Crippen LogP) is 1.55. The number of carbonyl (C=O) groups is 1. The summed E-state index contributed by atoms with van der Waals surface area (Å²) >= 11 is 0. The standard InChI is InChI=1S/C13H14O3/c1-16-13(15)6-9-2-4-10(5-3-9)11-7-12(14)8-11/h2-5,7,12,14H,6,8H2,1H3. The van der Waals surface area contributed by atoms with Gasteiger partial charge in [0.15, 0.2) is 0 Å². The predicted molar refractivity (Wildman–Crippen MR) is 60.8 cm³/mol. The van der Waals surface area contributed by atoms with Gasteiger partial charge in [-0.1, -0.05) is 30.3 Å². The summed E-state index contributed by atoms with van der Waals surface area (Å²) in [5.41, 5.74) is 3.21. The second-order valence-corrected chi connectivity index (χ2v) is 3.91. The Balaban J connectivity index is 2.05. The van der Waals surface area contributed by atoms with Gasteiger partial charge in [-0.15, -0.1) is 0 Å². The molecule has 3 nitrogen and oxygen atoms in total. The molecule has 0 aromatic heterocycles. The topological polar surface area (TPSA) is 46.5 Å². The highest BCUT2D eigenvalue weighted by atomic mass is 16.5. The highest BCUT2D eigenvalue weighted by Crippen LogP contribution is 2.29. The number of benzene rings is 1. The van der Waals surface area contributed by atoms with Crippen molar-refractivity contribution in [2.45, 2.75) is 18.9 Å². The molecule has 1 aliphatic carbocycles. The van der Waals surface area contributed by atoms with Crippen LogP contribution >= 0.6 is 0 Å². The third-order valence-corrected chi connectivity index (χ3v) is 2.72. The number of aliphatic hydroxyl groups excluding tert-OH is 1. The van der Waals surface area contributed by atoms with Crippen molar-refractivity contribution >= 4 is 11.5 Å². The average molecular weight is 218 g/mol. The minimum Gasteiger partial charge on any atom is -0.469 e. The van der Waals surface area contributed by atoms with E-state index < -0.39 is 0 Å². The summed E-state index contributed by atoms with van der Waals surface area (Å²) in [5, 5.41) is 9.15. The van der Waals surface area contributed by atoms with Crippen LogP contribution in [-0.2, 0) is 16.0 Å². The van der Waals surface area contributed by atoms with E-state index in [-0.39, 0.29) is 12.1 Å². The van der Waals surface area contributed by atoms with Crippen molar-refractivity contribution in [3.05, 3.63) is 41.5 Å². The van der Waals surface area contributed by atoms with Gasteiger partial charge in [-0.3, -0.25) is 4.79 Å². The summed E-state index contributed by atoms with van der Waals surface area (Å²) in [4.78, 5) is 11.0. The van der Waals surface area contributed by atoms with E-state index in [1.165, 1.54) is 7.11 Å². The summed E-state index contributed by atoms with van der Waals surface area (Å²) in [7, 11) is 1.39. The molecule has 0 fully saturated rings. The van der Waals surface area contributed by atoms with Crippen molar-refractivity contribution in [3.63, 3.8) is 0 Å². The Labute approximate surface area is 94.4 Å². The molecule has 1 unspecified atom stereocenters. The molecule has 3 heteroatoms. The summed E-state index contributed by atoms with van der Waals surface area (Å²) in [6.45, 7) is 0. The minimum absolute atomic E-state index is 0.231. The van der Waals surface area contributed by atoms with E-state index in [9.17, 15) is 4.79 Å². The summed E-state index contributed by atoms with van der Waals surface area (Å²) in [5.74, 6) is -0.231. The van der Waals surface area contributed by atoms with Gasteiger partial charge in [0, 0.05) is 6.42 Å². The number of hydrogen-bond donors (Lipinski definition) is 1. The van der Waals surface area contributed by atoms with Gasteiger partial charge in [-0.2, -0.15) is 0 Å². The minimum atomic E-state index is -0.287. The number of carbonyl (C=O) groups excluding carboxylic acids is 1. The summed E-state index contributed by atoms with van der Waals surface area (Å²) in [6.07, 6.45) is 2.58.